The smallest absolute Gasteiger partial charge is 0.290 e. The SMILES string of the molecule is COc1ccc(C2C(C(=O)c3ccco3)=C(O)C(=O)N2Cc2ccccc2)cc1OC. The number of nitrogens with zero attached hydrogens (tertiary/aromatic N) is 1. The van der Waals surface area contributed by atoms with Crippen molar-refractivity contribution in [1.82, 2.24) is 4.90 Å². The molecule has 0 fully saturated rings. The number of benzene rings is 2. The third-order valence-electron chi connectivity index (χ3n) is 5.21. The maximum Gasteiger partial charge on any atom is 0.290 e. The molecule has 0 radical (unpaired) electrons. The molecule has 7 heteroatoms. The molecule has 0 bridgehead atoms. The van der Waals surface area contributed by atoms with Crippen LogP contribution in [0.25, 0.3) is 0 Å². The van der Waals surface area contributed by atoms with Crippen LogP contribution in [0.4, 0.5) is 0 Å². The lowest BCUT2D eigenvalue weighted by molar-refractivity contribution is -0.130. The van der Waals surface area contributed by atoms with Gasteiger partial charge in [-0.15, -0.1) is 0 Å². The molecule has 1 aliphatic heterocycles. The van der Waals surface area contributed by atoms with Crippen molar-refractivity contribution in [2.24, 2.45) is 0 Å². The highest BCUT2D eigenvalue weighted by molar-refractivity contribution is 6.15. The van der Waals surface area contributed by atoms with Gasteiger partial charge in [-0.05, 0) is 35.4 Å². The van der Waals surface area contributed by atoms with Crippen molar-refractivity contribution >= 4 is 11.7 Å². The van der Waals surface area contributed by atoms with Crippen LogP contribution in [0.3, 0.4) is 0 Å². The Hall–Kier alpha value is -4.00. The van der Waals surface area contributed by atoms with Crippen LogP contribution in [0.15, 0.2) is 82.7 Å². The van der Waals surface area contributed by atoms with Crippen molar-refractivity contribution in [3.8, 4) is 11.5 Å². The molecule has 2 aromatic carbocycles. The maximum absolute atomic E-state index is 13.2. The number of amides is 1. The quantitative estimate of drug-likeness (QED) is 0.581. The van der Waals surface area contributed by atoms with E-state index in [0.717, 1.165) is 5.56 Å². The number of carbonyl (C=O) groups excluding carboxylic acids is 2. The predicted molar refractivity (Wildman–Crippen MR) is 112 cm³/mol. The second-order valence-corrected chi connectivity index (χ2v) is 7.00. The average Bonchev–Trinajstić information content (AvgIpc) is 3.42. The second-order valence-electron chi connectivity index (χ2n) is 7.00. The zero-order valence-electron chi connectivity index (χ0n) is 17.1. The summed E-state index contributed by atoms with van der Waals surface area (Å²) in [5.74, 6) is -0.760. The zero-order chi connectivity index (χ0) is 22.0. The number of furan rings is 1. The predicted octanol–water partition coefficient (Wildman–Crippen LogP) is 4.08. The monoisotopic (exact) mass is 419 g/mol. The van der Waals surface area contributed by atoms with Crippen molar-refractivity contribution in [1.29, 1.82) is 0 Å². The summed E-state index contributed by atoms with van der Waals surface area (Å²) in [6.07, 6.45) is 1.37. The van der Waals surface area contributed by atoms with Gasteiger partial charge in [0.25, 0.3) is 5.91 Å². The summed E-state index contributed by atoms with van der Waals surface area (Å²) < 4.78 is 15.9. The molecule has 1 atom stereocenters. The van der Waals surface area contributed by atoms with Crippen LogP contribution in [0.1, 0.15) is 27.7 Å². The minimum Gasteiger partial charge on any atom is -0.503 e. The molecule has 0 aliphatic carbocycles. The maximum atomic E-state index is 13.2. The van der Waals surface area contributed by atoms with Crippen molar-refractivity contribution < 1.29 is 28.6 Å². The number of hydrogen-bond donors (Lipinski definition) is 1. The Bertz CT molecular complexity index is 1130. The molecule has 158 valence electrons. The standard InChI is InChI=1S/C24H21NO6/c1-29-17-11-10-16(13-19(17)30-2)21-20(22(26)18-9-6-12-31-18)23(27)24(28)25(21)14-15-7-4-3-5-8-15/h3-13,21,27H,14H2,1-2H3. The number of Topliss-reactive ketones (excluding diaryl/α,β-unsaturated/α-hetero) is 1. The molecule has 1 aromatic heterocycles. The van der Waals surface area contributed by atoms with Gasteiger partial charge < -0.3 is 23.9 Å². The molecule has 2 heterocycles. The summed E-state index contributed by atoms with van der Waals surface area (Å²) in [5.41, 5.74) is 1.42. The fourth-order valence-corrected chi connectivity index (χ4v) is 3.74. The Morgan fingerprint density at radius 3 is 2.42 bits per heavy atom. The van der Waals surface area contributed by atoms with E-state index in [1.807, 2.05) is 30.3 Å². The number of ketones is 1. The Labute approximate surface area is 179 Å². The summed E-state index contributed by atoms with van der Waals surface area (Å²) in [4.78, 5) is 27.7. The number of aliphatic hydroxyl groups excluding tert-OH is 1. The number of rotatable bonds is 7. The summed E-state index contributed by atoms with van der Waals surface area (Å²) in [5, 5.41) is 10.7. The fourth-order valence-electron chi connectivity index (χ4n) is 3.74. The largest absolute Gasteiger partial charge is 0.503 e. The van der Waals surface area contributed by atoms with E-state index < -0.39 is 23.5 Å². The molecule has 0 saturated heterocycles. The van der Waals surface area contributed by atoms with E-state index in [9.17, 15) is 14.7 Å². The molecule has 1 N–H and O–H groups in total. The van der Waals surface area contributed by atoms with Crippen LogP contribution >= 0.6 is 0 Å². The van der Waals surface area contributed by atoms with Crippen molar-refractivity contribution in [2.75, 3.05) is 14.2 Å². The molecule has 1 unspecified atom stereocenters. The van der Waals surface area contributed by atoms with Gasteiger partial charge in [-0.2, -0.15) is 0 Å². The van der Waals surface area contributed by atoms with Gasteiger partial charge in [0.1, 0.15) is 0 Å². The molecule has 1 amide bonds. The highest BCUT2D eigenvalue weighted by atomic mass is 16.5. The van der Waals surface area contributed by atoms with Crippen LogP contribution < -0.4 is 9.47 Å². The Morgan fingerprint density at radius 2 is 1.77 bits per heavy atom. The molecular weight excluding hydrogens is 398 g/mol. The molecule has 1 aliphatic rings. The molecule has 4 rings (SSSR count). The minimum absolute atomic E-state index is 0.0388. The lowest BCUT2D eigenvalue weighted by Crippen LogP contribution is -2.30. The lowest BCUT2D eigenvalue weighted by Gasteiger charge is -2.27. The summed E-state index contributed by atoms with van der Waals surface area (Å²) in [7, 11) is 3.03. The highest BCUT2D eigenvalue weighted by Crippen LogP contribution is 2.42. The Morgan fingerprint density at radius 1 is 1.03 bits per heavy atom. The van der Waals surface area contributed by atoms with Crippen LogP contribution in [-0.2, 0) is 11.3 Å². The third-order valence-corrected chi connectivity index (χ3v) is 5.21. The first-order valence-corrected chi connectivity index (χ1v) is 9.63. The van der Waals surface area contributed by atoms with E-state index in [0.29, 0.717) is 17.1 Å². The number of methoxy groups -OCH3 is 2. The van der Waals surface area contributed by atoms with Crippen LogP contribution in [-0.4, -0.2) is 35.9 Å². The topological polar surface area (TPSA) is 89.2 Å². The Kier molecular flexibility index (Phi) is 5.49. The van der Waals surface area contributed by atoms with Gasteiger partial charge in [0, 0.05) is 6.54 Å². The van der Waals surface area contributed by atoms with Crippen LogP contribution in [0.2, 0.25) is 0 Å². The third kappa shape index (κ3) is 3.66. The van der Waals surface area contributed by atoms with E-state index in [1.54, 1.807) is 24.3 Å². The van der Waals surface area contributed by atoms with Crippen molar-refractivity contribution in [3.63, 3.8) is 0 Å². The number of carbonyl (C=O) groups is 2. The van der Waals surface area contributed by atoms with E-state index in [1.165, 1.54) is 31.4 Å². The van der Waals surface area contributed by atoms with Gasteiger partial charge in [-0.3, -0.25) is 9.59 Å². The van der Waals surface area contributed by atoms with Crippen LogP contribution in [0, 0.1) is 0 Å². The average molecular weight is 419 g/mol. The minimum atomic E-state index is -0.829. The van der Waals surface area contributed by atoms with Crippen molar-refractivity contribution in [2.45, 2.75) is 12.6 Å². The first kappa shape index (κ1) is 20.3. The molecule has 0 spiro atoms. The second kappa shape index (κ2) is 8.39. The highest BCUT2D eigenvalue weighted by Gasteiger charge is 2.44. The number of hydrogen-bond acceptors (Lipinski definition) is 6. The first-order chi connectivity index (χ1) is 15.0. The summed E-state index contributed by atoms with van der Waals surface area (Å²) in [6.45, 7) is 0.206. The summed E-state index contributed by atoms with van der Waals surface area (Å²) >= 11 is 0. The molecule has 3 aromatic rings. The summed E-state index contributed by atoms with van der Waals surface area (Å²) in [6, 6.07) is 16.7. The van der Waals surface area contributed by atoms with Crippen LogP contribution in [0.5, 0.6) is 11.5 Å². The van der Waals surface area contributed by atoms with Gasteiger partial charge in [-0.25, -0.2) is 0 Å². The first-order valence-electron chi connectivity index (χ1n) is 9.63. The van der Waals surface area contributed by atoms with E-state index in [2.05, 4.69) is 0 Å². The molecule has 7 nitrogen and oxygen atoms in total. The van der Waals surface area contributed by atoms with Gasteiger partial charge in [0.15, 0.2) is 23.0 Å². The number of ether oxygens (including phenoxy) is 2. The van der Waals surface area contributed by atoms with Gasteiger partial charge in [0.05, 0.1) is 32.1 Å². The fraction of sp³-hybridized carbons (Fsp3) is 0.167. The van der Waals surface area contributed by atoms with E-state index in [4.69, 9.17) is 13.9 Å². The van der Waals surface area contributed by atoms with Crippen molar-refractivity contribution in [3.05, 3.63) is 95.1 Å². The van der Waals surface area contributed by atoms with Gasteiger partial charge in [-0.1, -0.05) is 36.4 Å². The Balaban J connectivity index is 1.83. The lowest BCUT2D eigenvalue weighted by atomic mass is 9.94. The molecular formula is C24H21NO6. The van der Waals surface area contributed by atoms with E-state index in [-0.39, 0.29) is 17.9 Å². The van der Waals surface area contributed by atoms with Gasteiger partial charge in [0.2, 0.25) is 5.78 Å². The zero-order valence-corrected chi connectivity index (χ0v) is 17.1. The molecule has 31 heavy (non-hydrogen) atoms. The van der Waals surface area contributed by atoms with E-state index >= 15 is 0 Å². The van der Waals surface area contributed by atoms with Gasteiger partial charge >= 0.3 is 0 Å². The number of aliphatic hydroxyl groups is 1. The molecule has 0 saturated carbocycles. The normalized spacial score (nSPS) is 16.0.